The van der Waals surface area contributed by atoms with Crippen LogP contribution in [0.1, 0.15) is 51.8 Å². The fraction of sp³-hybridized carbons (Fsp3) is 0.750. The summed E-state index contributed by atoms with van der Waals surface area (Å²) in [5.41, 5.74) is 0.956. The van der Waals surface area contributed by atoms with Gasteiger partial charge < -0.3 is 9.67 Å². The number of hydrogen-bond donors (Lipinski definition) is 1. The number of imidazole rings is 1. The molecule has 2 unspecified atom stereocenters. The molecule has 0 saturated carbocycles. The Balaban J connectivity index is 2.63. The fourth-order valence-electron chi connectivity index (χ4n) is 1.70. The van der Waals surface area contributed by atoms with Gasteiger partial charge >= 0.3 is 0 Å². The first-order valence-electron chi connectivity index (χ1n) is 5.87. The van der Waals surface area contributed by atoms with Crippen LogP contribution < -0.4 is 0 Å². The van der Waals surface area contributed by atoms with Crippen molar-refractivity contribution in [2.24, 2.45) is 5.92 Å². The maximum atomic E-state index is 10.1. The van der Waals surface area contributed by atoms with Crippen LogP contribution in [0.25, 0.3) is 0 Å². The van der Waals surface area contributed by atoms with Crippen molar-refractivity contribution < 1.29 is 5.11 Å². The molecule has 1 rings (SSSR count). The Bertz CT molecular complexity index is 283. The standard InChI is InChI=1S/C12H22N2O/c1-4-6-14-9-13-8-11(14)12(15)7-10(3)5-2/h8-10,12,15H,4-7H2,1-3H3. The number of hydrogen-bond acceptors (Lipinski definition) is 2. The number of aryl methyl sites for hydroxylation is 1. The van der Waals surface area contributed by atoms with Crippen LogP contribution in [-0.2, 0) is 6.54 Å². The summed E-state index contributed by atoms with van der Waals surface area (Å²) in [5.74, 6) is 0.560. The molecule has 0 aliphatic carbocycles. The quantitative estimate of drug-likeness (QED) is 0.784. The molecule has 2 atom stereocenters. The number of rotatable bonds is 6. The van der Waals surface area contributed by atoms with E-state index in [2.05, 4.69) is 25.8 Å². The third-order valence-corrected chi connectivity index (χ3v) is 2.87. The Morgan fingerprint density at radius 3 is 2.80 bits per heavy atom. The summed E-state index contributed by atoms with van der Waals surface area (Å²) in [6.07, 6.45) is 6.22. The van der Waals surface area contributed by atoms with E-state index in [1.54, 1.807) is 12.5 Å². The van der Waals surface area contributed by atoms with Gasteiger partial charge in [-0.05, 0) is 18.8 Å². The van der Waals surface area contributed by atoms with Crippen LogP contribution in [0.5, 0.6) is 0 Å². The molecule has 1 aromatic heterocycles. The molecule has 0 aliphatic heterocycles. The van der Waals surface area contributed by atoms with Crippen molar-refractivity contribution in [2.75, 3.05) is 0 Å². The van der Waals surface area contributed by atoms with Crippen LogP contribution in [0.4, 0.5) is 0 Å². The molecular formula is C12H22N2O. The fourth-order valence-corrected chi connectivity index (χ4v) is 1.70. The van der Waals surface area contributed by atoms with Gasteiger partial charge in [-0.15, -0.1) is 0 Å². The molecular weight excluding hydrogens is 188 g/mol. The van der Waals surface area contributed by atoms with Crippen LogP contribution in [0.3, 0.4) is 0 Å². The summed E-state index contributed by atoms with van der Waals surface area (Å²) in [4.78, 5) is 4.10. The molecule has 0 spiro atoms. The Hall–Kier alpha value is -0.830. The first kappa shape index (κ1) is 12.2. The smallest absolute Gasteiger partial charge is 0.0958 e. The lowest BCUT2D eigenvalue weighted by atomic mass is 9.99. The number of aromatic nitrogens is 2. The summed E-state index contributed by atoms with van der Waals surface area (Å²) >= 11 is 0. The van der Waals surface area contributed by atoms with E-state index < -0.39 is 0 Å². The van der Waals surface area contributed by atoms with Crippen molar-refractivity contribution in [3.05, 3.63) is 18.2 Å². The maximum absolute atomic E-state index is 10.1. The second-order valence-electron chi connectivity index (χ2n) is 4.28. The first-order valence-corrected chi connectivity index (χ1v) is 5.87. The zero-order valence-corrected chi connectivity index (χ0v) is 9.98. The summed E-state index contributed by atoms with van der Waals surface area (Å²) in [7, 11) is 0. The van der Waals surface area contributed by atoms with Gasteiger partial charge in [0.05, 0.1) is 24.3 Å². The van der Waals surface area contributed by atoms with Crippen molar-refractivity contribution in [3.8, 4) is 0 Å². The molecule has 0 fully saturated rings. The molecule has 15 heavy (non-hydrogen) atoms. The molecule has 1 heterocycles. The van der Waals surface area contributed by atoms with Gasteiger partial charge in [-0.1, -0.05) is 27.2 Å². The van der Waals surface area contributed by atoms with Gasteiger partial charge in [-0.3, -0.25) is 0 Å². The molecule has 0 saturated heterocycles. The molecule has 3 nitrogen and oxygen atoms in total. The zero-order valence-electron chi connectivity index (χ0n) is 9.98. The van der Waals surface area contributed by atoms with Gasteiger partial charge in [-0.2, -0.15) is 0 Å². The van der Waals surface area contributed by atoms with E-state index in [1.165, 1.54) is 0 Å². The second kappa shape index (κ2) is 5.91. The highest BCUT2D eigenvalue weighted by Crippen LogP contribution is 2.22. The van der Waals surface area contributed by atoms with Crippen molar-refractivity contribution in [3.63, 3.8) is 0 Å². The lowest BCUT2D eigenvalue weighted by molar-refractivity contribution is 0.138. The summed E-state index contributed by atoms with van der Waals surface area (Å²) in [6.45, 7) is 7.39. The topological polar surface area (TPSA) is 38.0 Å². The van der Waals surface area contributed by atoms with E-state index in [0.29, 0.717) is 5.92 Å². The van der Waals surface area contributed by atoms with Gasteiger partial charge in [-0.25, -0.2) is 4.98 Å². The van der Waals surface area contributed by atoms with E-state index in [1.807, 2.05) is 4.57 Å². The minimum atomic E-state index is -0.367. The highest BCUT2D eigenvalue weighted by atomic mass is 16.3. The average Bonchev–Trinajstić information content (AvgIpc) is 2.66. The largest absolute Gasteiger partial charge is 0.387 e. The van der Waals surface area contributed by atoms with Crippen LogP contribution in [0.2, 0.25) is 0 Å². The van der Waals surface area contributed by atoms with E-state index in [-0.39, 0.29) is 6.10 Å². The van der Waals surface area contributed by atoms with Gasteiger partial charge in [0.1, 0.15) is 0 Å². The van der Waals surface area contributed by atoms with Gasteiger partial charge in [0.2, 0.25) is 0 Å². The lowest BCUT2D eigenvalue weighted by Gasteiger charge is -2.16. The highest BCUT2D eigenvalue weighted by molar-refractivity contribution is 5.02. The Morgan fingerprint density at radius 2 is 2.20 bits per heavy atom. The SMILES string of the molecule is CCCn1cncc1C(O)CC(C)CC. The molecule has 0 bridgehead atoms. The minimum absolute atomic E-state index is 0.367. The molecule has 86 valence electrons. The number of nitrogens with zero attached hydrogens (tertiary/aromatic N) is 2. The number of aliphatic hydroxyl groups is 1. The third kappa shape index (κ3) is 3.34. The Labute approximate surface area is 92.1 Å². The summed E-state index contributed by atoms with van der Waals surface area (Å²) < 4.78 is 2.05. The summed E-state index contributed by atoms with van der Waals surface area (Å²) in [6, 6.07) is 0. The lowest BCUT2D eigenvalue weighted by Crippen LogP contribution is -2.09. The van der Waals surface area contributed by atoms with E-state index in [0.717, 1.165) is 31.5 Å². The Kier molecular flexibility index (Phi) is 4.82. The van der Waals surface area contributed by atoms with Crippen LogP contribution in [0.15, 0.2) is 12.5 Å². The minimum Gasteiger partial charge on any atom is -0.387 e. The van der Waals surface area contributed by atoms with Gasteiger partial charge in [0, 0.05) is 6.54 Å². The first-order chi connectivity index (χ1) is 7.19. The molecule has 0 aromatic carbocycles. The van der Waals surface area contributed by atoms with E-state index >= 15 is 0 Å². The molecule has 0 radical (unpaired) electrons. The molecule has 0 aliphatic rings. The van der Waals surface area contributed by atoms with Crippen LogP contribution in [-0.4, -0.2) is 14.7 Å². The van der Waals surface area contributed by atoms with E-state index in [9.17, 15) is 5.11 Å². The summed E-state index contributed by atoms with van der Waals surface area (Å²) in [5, 5.41) is 10.1. The Morgan fingerprint density at radius 1 is 1.47 bits per heavy atom. The van der Waals surface area contributed by atoms with Gasteiger partial charge in [0.25, 0.3) is 0 Å². The van der Waals surface area contributed by atoms with Crippen molar-refractivity contribution in [1.29, 1.82) is 0 Å². The second-order valence-corrected chi connectivity index (χ2v) is 4.28. The zero-order chi connectivity index (χ0) is 11.3. The van der Waals surface area contributed by atoms with Crippen molar-refractivity contribution in [1.82, 2.24) is 9.55 Å². The monoisotopic (exact) mass is 210 g/mol. The van der Waals surface area contributed by atoms with Crippen LogP contribution in [0, 0.1) is 5.92 Å². The van der Waals surface area contributed by atoms with Crippen LogP contribution >= 0.6 is 0 Å². The van der Waals surface area contributed by atoms with Gasteiger partial charge in [0.15, 0.2) is 0 Å². The van der Waals surface area contributed by atoms with E-state index in [4.69, 9.17) is 0 Å². The normalized spacial score (nSPS) is 15.2. The third-order valence-electron chi connectivity index (χ3n) is 2.87. The average molecular weight is 210 g/mol. The molecule has 0 amide bonds. The molecule has 1 N–H and O–H groups in total. The van der Waals surface area contributed by atoms with Crippen molar-refractivity contribution in [2.45, 2.75) is 52.7 Å². The predicted molar refractivity (Wildman–Crippen MR) is 61.5 cm³/mol. The molecule has 1 aromatic rings. The maximum Gasteiger partial charge on any atom is 0.0958 e. The highest BCUT2D eigenvalue weighted by Gasteiger charge is 2.14. The molecule has 3 heteroatoms. The number of aliphatic hydroxyl groups excluding tert-OH is 1. The van der Waals surface area contributed by atoms with Crippen molar-refractivity contribution >= 4 is 0 Å². The predicted octanol–water partition coefficient (Wildman–Crippen LogP) is 2.76.